The number of ether oxygens (including phenoxy) is 1. The summed E-state index contributed by atoms with van der Waals surface area (Å²) in [6.45, 7) is 4.63. The topological polar surface area (TPSA) is 21.3 Å². The summed E-state index contributed by atoms with van der Waals surface area (Å²) < 4.78 is 6.78. The first-order valence-corrected chi connectivity index (χ1v) is 7.16. The molecule has 0 saturated heterocycles. The smallest absolute Gasteiger partial charge is 0.0547 e. The molecule has 1 saturated carbocycles. The highest BCUT2D eigenvalue weighted by Gasteiger charge is 2.23. The van der Waals surface area contributed by atoms with Gasteiger partial charge >= 0.3 is 0 Å². The van der Waals surface area contributed by atoms with Crippen molar-refractivity contribution in [2.24, 2.45) is 0 Å². The molecule has 1 fully saturated rings. The molecule has 3 heteroatoms. The van der Waals surface area contributed by atoms with Crippen molar-refractivity contribution in [2.45, 2.75) is 31.7 Å². The molecule has 0 spiro atoms. The number of hydrogen-bond acceptors (Lipinski definition) is 2. The molecule has 2 nitrogen and oxygen atoms in total. The van der Waals surface area contributed by atoms with Gasteiger partial charge in [-0.3, -0.25) is 0 Å². The molecular formula is C14H20BrNO. The van der Waals surface area contributed by atoms with Crippen molar-refractivity contribution < 1.29 is 4.74 Å². The van der Waals surface area contributed by atoms with Crippen LogP contribution in [0.25, 0.3) is 0 Å². The average molecular weight is 298 g/mol. The summed E-state index contributed by atoms with van der Waals surface area (Å²) in [6.07, 6.45) is 2.66. The van der Waals surface area contributed by atoms with Gasteiger partial charge in [-0.2, -0.15) is 0 Å². The molecule has 2 rings (SSSR count). The zero-order valence-corrected chi connectivity index (χ0v) is 11.9. The van der Waals surface area contributed by atoms with Gasteiger partial charge in [-0.1, -0.05) is 34.1 Å². The van der Waals surface area contributed by atoms with Gasteiger partial charge in [0.15, 0.2) is 0 Å². The molecule has 0 heterocycles. The molecule has 1 aliphatic rings. The maximum absolute atomic E-state index is 5.60. The van der Waals surface area contributed by atoms with Crippen molar-refractivity contribution >= 4 is 15.9 Å². The standard InChI is InChI=1S/C14H20BrNO/c1-2-17-10-11(9-16-12-7-8-12)13-5-3-4-6-14(13)15/h3-6,11-12,16H,2,7-10H2,1H3. The lowest BCUT2D eigenvalue weighted by Gasteiger charge is -2.19. The fourth-order valence-corrected chi connectivity index (χ4v) is 2.53. The normalized spacial score (nSPS) is 17.1. The Labute approximate surface area is 112 Å². The van der Waals surface area contributed by atoms with Crippen LogP contribution in [0.1, 0.15) is 31.2 Å². The lowest BCUT2D eigenvalue weighted by molar-refractivity contribution is 0.131. The van der Waals surface area contributed by atoms with E-state index in [-0.39, 0.29) is 0 Å². The Morgan fingerprint density at radius 2 is 2.18 bits per heavy atom. The second-order valence-electron chi connectivity index (χ2n) is 4.56. The van der Waals surface area contributed by atoms with Gasteiger partial charge in [0.1, 0.15) is 0 Å². The Kier molecular flexibility index (Phi) is 5.01. The van der Waals surface area contributed by atoms with Crippen LogP contribution in [0, 0.1) is 0 Å². The van der Waals surface area contributed by atoms with E-state index in [1.807, 2.05) is 6.92 Å². The second-order valence-corrected chi connectivity index (χ2v) is 5.41. The van der Waals surface area contributed by atoms with E-state index in [9.17, 15) is 0 Å². The largest absolute Gasteiger partial charge is 0.381 e. The molecule has 1 aromatic carbocycles. The van der Waals surface area contributed by atoms with E-state index in [0.717, 1.165) is 25.8 Å². The van der Waals surface area contributed by atoms with E-state index in [4.69, 9.17) is 4.74 Å². The van der Waals surface area contributed by atoms with Crippen molar-refractivity contribution in [1.29, 1.82) is 0 Å². The van der Waals surface area contributed by atoms with Crippen LogP contribution < -0.4 is 5.32 Å². The van der Waals surface area contributed by atoms with Gasteiger partial charge in [-0.05, 0) is 31.4 Å². The molecule has 0 bridgehead atoms. The second kappa shape index (κ2) is 6.53. The van der Waals surface area contributed by atoms with Gasteiger partial charge < -0.3 is 10.1 Å². The summed E-state index contributed by atoms with van der Waals surface area (Å²) in [7, 11) is 0. The van der Waals surface area contributed by atoms with E-state index in [0.29, 0.717) is 5.92 Å². The van der Waals surface area contributed by atoms with Gasteiger partial charge in [-0.15, -0.1) is 0 Å². The molecule has 1 atom stereocenters. The molecule has 1 aromatic rings. The fraction of sp³-hybridized carbons (Fsp3) is 0.571. The van der Waals surface area contributed by atoms with Crippen LogP contribution in [0.3, 0.4) is 0 Å². The van der Waals surface area contributed by atoms with Crippen LogP contribution in [-0.4, -0.2) is 25.8 Å². The fourth-order valence-electron chi connectivity index (χ4n) is 1.92. The van der Waals surface area contributed by atoms with Gasteiger partial charge in [0.25, 0.3) is 0 Å². The summed E-state index contributed by atoms with van der Waals surface area (Å²) in [5, 5.41) is 3.59. The van der Waals surface area contributed by atoms with E-state index in [1.165, 1.54) is 22.9 Å². The van der Waals surface area contributed by atoms with E-state index in [2.05, 4.69) is 45.5 Å². The molecule has 0 aromatic heterocycles. The molecule has 0 aliphatic heterocycles. The van der Waals surface area contributed by atoms with Crippen molar-refractivity contribution in [3.63, 3.8) is 0 Å². The van der Waals surface area contributed by atoms with E-state index >= 15 is 0 Å². The van der Waals surface area contributed by atoms with Crippen LogP contribution in [0.4, 0.5) is 0 Å². The number of nitrogens with one attached hydrogen (secondary N) is 1. The molecule has 0 radical (unpaired) electrons. The Balaban J connectivity index is 1.99. The third-order valence-corrected chi connectivity index (χ3v) is 3.82. The molecular weight excluding hydrogens is 278 g/mol. The Bertz CT molecular complexity index is 352. The van der Waals surface area contributed by atoms with Crippen LogP contribution in [0.2, 0.25) is 0 Å². The van der Waals surface area contributed by atoms with E-state index < -0.39 is 0 Å². The third kappa shape index (κ3) is 4.09. The number of rotatable bonds is 7. The van der Waals surface area contributed by atoms with Gasteiger partial charge in [0, 0.05) is 29.6 Å². The lowest BCUT2D eigenvalue weighted by atomic mass is 10.00. The van der Waals surface area contributed by atoms with Gasteiger partial charge in [0.05, 0.1) is 6.61 Å². The summed E-state index contributed by atoms with van der Waals surface area (Å²) >= 11 is 3.63. The summed E-state index contributed by atoms with van der Waals surface area (Å²) in [5.41, 5.74) is 1.34. The lowest BCUT2D eigenvalue weighted by Crippen LogP contribution is -2.26. The predicted molar refractivity (Wildman–Crippen MR) is 74.4 cm³/mol. The molecule has 1 aliphatic carbocycles. The Morgan fingerprint density at radius 3 is 2.82 bits per heavy atom. The minimum absolute atomic E-state index is 0.436. The first kappa shape index (κ1) is 13.1. The number of benzene rings is 1. The summed E-state index contributed by atoms with van der Waals surface area (Å²) in [6, 6.07) is 9.19. The summed E-state index contributed by atoms with van der Waals surface area (Å²) in [5.74, 6) is 0.436. The van der Waals surface area contributed by atoms with Crippen LogP contribution in [0.5, 0.6) is 0 Å². The minimum atomic E-state index is 0.436. The maximum Gasteiger partial charge on any atom is 0.0547 e. The molecule has 1 N–H and O–H groups in total. The minimum Gasteiger partial charge on any atom is -0.381 e. The quantitative estimate of drug-likeness (QED) is 0.834. The van der Waals surface area contributed by atoms with E-state index in [1.54, 1.807) is 0 Å². The number of halogens is 1. The highest BCUT2D eigenvalue weighted by Crippen LogP contribution is 2.26. The number of hydrogen-bond donors (Lipinski definition) is 1. The van der Waals surface area contributed by atoms with Crippen LogP contribution >= 0.6 is 15.9 Å². The Hall–Kier alpha value is -0.380. The summed E-state index contributed by atoms with van der Waals surface area (Å²) in [4.78, 5) is 0. The van der Waals surface area contributed by atoms with Gasteiger partial charge in [-0.25, -0.2) is 0 Å². The molecule has 17 heavy (non-hydrogen) atoms. The predicted octanol–water partition coefficient (Wildman–Crippen LogP) is 3.32. The first-order chi connectivity index (χ1) is 8.31. The molecule has 0 amide bonds. The monoisotopic (exact) mass is 297 g/mol. The van der Waals surface area contributed by atoms with Gasteiger partial charge in [0.2, 0.25) is 0 Å². The third-order valence-electron chi connectivity index (χ3n) is 3.10. The zero-order valence-electron chi connectivity index (χ0n) is 10.3. The highest BCUT2D eigenvalue weighted by atomic mass is 79.9. The maximum atomic E-state index is 5.60. The van der Waals surface area contributed by atoms with Crippen molar-refractivity contribution in [1.82, 2.24) is 5.32 Å². The van der Waals surface area contributed by atoms with Crippen molar-refractivity contribution in [3.05, 3.63) is 34.3 Å². The average Bonchev–Trinajstić information content (AvgIpc) is 3.15. The van der Waals surface area contributed by atoms with Crippen LogP contribution in [-0.2, 0) is 4.74 Å². The zero-order chi connectivity index (χ0) is 12.1. The first-order valence-electron chi connectivity index (χ1n) is 6.36. The van der Waals surface area contributed by atoms with Crippen molar-refractivity contribution in [3.8, 4) is 0 Å². The Morgan fingerprint density at radius 1 is 1.41 bits per heavy atom. The van der Waals surface area contributed by atoms with Crippen molar-refractivity contribution in [2.75, 3.05) is 19.8 Å². The highest BCUT2D eigenvalue weighted by molar-refractivity contribution is 9.10. The SMILES string of the molecule is CCOCC(CNC1CC1)c1ccccc1Br. The van der Waals surface area contributed by atoms with Crippen LogP contribution in [0.15, 0.2) is 28.7 Å². The molecule has 1 unspecified atom stereocenters. The molecule has 94 valence electrons.